The van der Waals surface area contributed by atoms with E-state index in [2.05, 4.69) is 51.7 Å². The molecule has 0 radical (unpaired) electrons. The molecule has 0 bridgehead atoms. The highest BCUT2D eigenvalue weighted by molar-refractivity contribution is 7.79. The summed E-state index contributed by atoms with van der Waals surface area (Å²) in [5.74, 6) is 0.811. The predicted octanol–water partition coefficient (Wildman–Crippen LogP) is 3.47. The van der Waals surface area contributed by atoms with Crippen molar-refractivity contribution >= 4 is 18.3 Å². The second-order valence-corrected chi connectivity index (χ2v) is 3.98. The Labute approximate surface area is 92.3 Å². The van der Waals surface area contributed by atoms with Crippen molar-refractivity contribution in [1.82, 2.24) is 0 Å². The Bertz CT molecular complexity index is 332. The zero-order valence-electron chi connectivity index (χ0n) is 9.44. The first-order valence-electron chi connectivity index (χ1n) is 5.06. The van der Waals surface area contributed by atoms with Gasteiger partial charge in [0.15, 0.2) is 0 Å². The minimum absolute atomic E-state index is 0.811. The van der Waals surface area contributed by atoms with Crippen LogP contribution in [0.2, 0.25) is 0 Å². The van der Waals surface area contributed by atoms with Crippen molar-refractivity contribution in [2.24, 2.45) is 0 Å². The van der Waals surface area contributed by atoms with Crippen molar-refractivity contribution < 1.29 is 0 Å². The van der Waals surface area contributed by atoms with Crippen LogP contribution >= 0.6 is 12.6 Å². The molecule has 0 saturated heterocycles. The average Bonchev–Trinajstić information content (AvgIpc) is 2.18. The Morgan fingerprint density at radius 3 is 2.36 bits per heavy atom. The fraction of sp³-hybridized carbons (Fsp3) is 0.500. The molecular weight excluding hydrogens is 190 g/mol. The second kappa shape index (κ2) is 4.74. The maximum absolute atomic E-state index is 4.35. The molecule has 0 aromatic heterocycles. The lowest BCUT2D eigenvalue weighted by Gasteiger charge is -2.16. The normalized spacial score (nSPS) is 10.4. The van der Waals surface area contributed by atoms with Crippen molar-refractivity contribution in [2.75, 3.05) is 11.9 Å². The second-order valence-electron chi connectivity index (χ2n) is 3.67. The van der Waals surface area contributed by atoms with Crippen LogP contribution in [0.3, 0.4) is 0 Å². The van der Waals surface area contributed by atoms with Gasteiger partial charge in [-0.05, 0) is 49.9 Å². The average molecular weight is 209 g/mol. The van der Waals surface area contributed by atoms with Gasteiger partial charge in [0, 0.05) is 18.0 Å². The number of anilines is 1. The highest BCUT2D eigenvalue weighted by Gasteiger charge is 2.08. The van der Waals surface area contributed by atoms with E-state index in [-0.39, 0.29) is 0 Å². The third-order valence-corrected chi connectivity index (χ3v) is 3.08. The van der Waals surface area contributed by atoms with Crippen molar-refractivity contribution in [1.29, 1.82) is 0 Å². The molecule has 0 saturated carbocycles. The maximum atomic E-state index is 4.35. The molecule has 14 heavy (non-hydrogen) atoms. The van der Waals surface area contributed by atoms with Crippen LogP contribution in [0.15, 0.2) is 6.07 Å². The molecule has 0 unspecified atom stereocenters. The van der Waals surface area contributed by atoms with Crippen molar-refractivity contribution in [3.8, 4) is 0 Å². The molecule has 1 aromatic rings. The predicted molar refractivity (Wildman–Crippen MR) is 67.5 cm³/mol. The van der Waals surface area contributed by atoms with Gasteiger partial charge in [-0.15, -0.1) is 0 Å². The minimum Gasteiger partial charge on any atom is -0.385 e. The molecule has 0 aliphatic rings. The summed E-state index contributed by atoms with van der Waals surface area (Å²) in [6.07, 6.45) is 0. The minimum atomic E-state index is 0.811. The Hall–Kier alpha value is -0.630. The zero-order valence-corrected chi connectivity index (χ0v) is 10.3. The standard InChI is InChI=1S/C12H19NS/c1-5-13-12-9(3)8(2)6-11(7-14)10(12)4/h6,13-14H,5,7H2,1-4H3. The molecule has 2 heteroatoms. The van der Waals surface area contributed by atoms with Gasteiger partial charge in [-0.3, -0.25) is 0 Å². The monoisotopic (exact) mass is 209 g/mol. The number of hydrogen-bond acceptors (Lipinski definition) is 2. The van der Waals surface area contributed by atoms with Crippen LogP contribution in [0.25, 0.3) is 0 Å². The van der Waals surface area contributed by atoms with E-state index in [4.69, 9.17) is 0 Å². The van der Waals surface area contributed by atoms with Crippen LogP contribution in [0, 0.1) is 20.8 Å². The van der Waals surface area contributed by atoms with E-state index in [9.17, 15) is 0 Å². The smallest absolute Gasteiger partial charge is 0.0405 e. The van der Waals surface area contributed by atoms with Gasteiger partial charge in [0.25, 0.3) is 0 Å². The van der Waals surface area contributed by atoms with Gasteiger partial charge >= 0.3 is 0 Å². The van der Waals surface area contributed by atoms with Crippen LogP contribution < -0.4 is 5.32 Å². The molecule has 1 aromatic carbocycles. The summed E-state index contributed by atoms with van der Waals surface area (Å²) in [5.41, 5.74) is 6.65. The van der Waals surface area contributed by atoms with Crippen LogP contribution in [0.4, 0.5) is 5.69 Å². The molecule has 0 aliphatic heterocycles. The Kier molecular flexibility index (Phi) is 3.87. The van der Waals surface area contributed by atoms with Crippen LogP contribution in [0.5, 0.6) is 0 Å². The van der Waals surface area contributed by atoms with E-state index in [0.717, 1.165) is 12.3 Å². The summed E-state index contributed by atoms with van der Waals surface area (Å²) < 4.78 is 0. The fourth-order valence-electron chi connectivity index (χ4n) is 1.72. The third-order valence-electron chi connectivity index (χ3n) is 2.74. The Balaban J connectivity index is 3.29. The first kappa shape index (κ1) is 11.4. The molecular formula is C12H19NS. The van der Waals surface area contributed by atoms with Crippen molar-refractivity contribution in [2.45, 2.75) is 33.4 Å². The Morgan fingerprint density at radius 2 is 1.86 bits per heavy atom. The Morgan fingerprint density at radius 1 is 1.21 bits per heavy atom. The molecule has 0 heterocycles. The zero-order chi connectivity index (χ0) is 10.7. The van der Waals surface area contributed by atoms with Gasteiger partial charge < -0.3 is 5.32 Å². The lowest BCUT2D eigenvalue weighted by Crippen LogP contribution is -2.04. The van der Waals surface area contributed by atoms with Gasteiger partial charge in [0.2, 0.25) is 0 Å². The van der Waals surface area contributed by atoms with Crippen LogP contribution in [-0.2, 0) is 5.75 Å². The van der Waals surface area contributed by atoms with E-state index in [1.807, 2.05) is 0 Å². The number of thiol groups is 1. The maximum Gasteiger partial charge on any atom is 0.0405 e. The molecule has 1 nitrogen and oxygen atoms in total. The first-order chi connectivity index (χ1) is 6.61. The number of nitrogens with one attached hydrogen (secondary N) is 1. The number of rotatable bonds is 3. The summed E-state index contributed by atoms with van der Waals surface area (Å²) >= 11 is 4.35. The molecule has 0 atom stereocenters. The van der Waals surface area contributed by atoms with E-state index in [0.29, 0.717) is 0 Å². The summed E-state index contributed by atoms with van der Waals surface area (Å²) in [6, 6.07) is 2.23. The highest BCUT2D eigenvalue weighted by atomic mass is 32.1. The molecule has 0 fully saturated rings. The van der Waals surface area contributed by atoms with Gasteiger partial charge in [-0.25, -0.2) is 0 Å². The first-order valence-corrected chi connectivity index (χ1v) is 5.69. The van der Waals surface area contributed by atoms with Crippen LogP contribution in [-0.4, -0.2) is 6.54 Å². The summed E-state index contributed by atoms with van der Waals surface area (Å²) in [5, 5.41) is 3.43. The highest BCUT2D eigenvalue weighted by Crippen LogP contribution is 2.27. The van der Waals surface area contributed by atoms with E-state index >= 15 is 0 Å². The van der Waals surface area contributed by atoms with Gasteiger partial charge in [-0.1, -0.05) is 6.07 Å². The van der Waals surface area contributed by atoms with Gasteiger partial charge in [0.1, 0.15) is 0 Å². The fourth-order valence-corrected chi connectivity index (χ4v) is 2.05. The summed E-state index contributed by atoms with van der Waals surface area (Å²) in [6.45, 7) is 9.58. The largest absolute Gasteiger partial charge is 0.385 e. The number of aryl methyl sites for hydroxylation is 1. The lowest BCUT2D eigenvalue weighted by molar-refractivity contribution is 1.15. The molecule has 0 amide bonds. The van der Waals surface area contributed by atoms with E-state index in [1.165, 1.54) is 27.9 Å². The third kappa shape index (κ3) is 2.06. The SMILES string of the molecule is CCNc1c(C)c(C)cc(CS)c1C. The van der Waals surface area contributed by atoms with Crippen molar-refractivity contribution in [3.05, 3.63) is 28.3 Å². The van der Waals surface area contributed by atoms with E-state index < -0.39 is 0 Å². The molecule has 0 spiro atoms. The topological polar surface area (TPSA) is 12.0 Å². The summed E-state index contributed by atoms with van der Waals surface area (Å²) in [7, 11) is 0. The molecule has 0 aliphatic carbocycles. The van der Waals surface area contributed by atoms with Gasteiger partial charge in [-0.2, -0.15) is 12.6 Å². The number of benzene rings is 1. The lowest BCUT2D eigenvalue weighted by atomic mass is 9.98. The van der Waals surface area contributed by atoms with Crippen LogP contribution in [0.1, 0.15) is 29.2 Å². The van der Waals surface area contributed by atoms with E-state index in [1.54, 1.807) is 0 Å². The molecule has 1 rings (SSSR count). The van der Waals surface area contributed by atoms with Crippen molar-refractivity contribution in [3.63, 3.8) is 0 Å². The van der Waals surface area contributed by atoms with Gasteiger partial charge in [0.05, 0.1) is 0 Å². The quantitative estimate of drug-likeness (QED) is 0.726. The summed E-state index contributed by atoms with van der Waals surface area (Å²) in [4.78, 5) is 0. The molecule has 1 N–H and O–H groups in total. The number of hydrogen-bond donors (Lipinski definition) is 2. The molecule has 78 valence electrons.